The topological polar surface area (TPSA) is 37.7 Å². The minimum absolute atomic E-state index is 1.19. The van der Waals surface area contributed by atoms with Crippen molar-refractivity contribution in [2.24, 2.45) is 0 Å². The second-order valence-electron chi connectivity index (χ2n) is 3.97. The summed E-state index contributed by atoms with van der Waals surface area (Å²) in [5.41, 5.74) is 2.42. The van der Waals surface area contributed by atoms with Gasteiger partial charge in [0.1, 0.15) is 6.79 Å². The van der Waals surface area contributed by atoms with E-state index in [-0.39, 0.29) is 0 Å². The van der Waals surface area contributed by atoms with Crippen molar-refractivity contribution in [3.05, 3.63) is 24.0 Å². The van der Waals surface area contributed by atoms with Gasteiger partial charge in [0.15, 0.2) is 11.9 Å². The van der Waals surface area contributed by atoms with Crippen LogP contribution in [-0.4, -0.2) is 46.9 Å². The lowest BCUT2D eigenvalue weighted by atomic mass is 10.3. The third-order valence-electron chi connectivity index (χ3n) is 1.45. The largest absolute Gasteiger partial charge is 0.377 e. The van der Waals surface area contributed by atoms with Gasteiger partial charge in [-0.3, -0.25) is 0 Å². The highest BCUT2D eigenvalue weighted by Crippen LogP contribution is 2.07. The van der Waals surface area contributed by atoms with Crippen molar-refractivity contribution in [2.45, 2.75) is 6.92 Å². The molecular formula is C12H24N3O+. The fraction of sp³-hybridized carbons (Fsp3) is 0.500. The van der Waals surface area contributed by atoms with Crippen molar-refractivity contribution in [1.29, 1.82) is 0 Å². The smallest absolute Gasteiger partial charge is 0.178 e. The second-order valence-corrected chi connectivity index (χ2v) is 3.97. The van der Waals surface area contributed by atoms with Crippen LogP contribution < -0.4 is 9.88 Å². The first kappa shape index (κ1) is 17.0. The number of anilines is 1. The van der Waals surface area contributed by atoms with E-state index in [0.717, 1.165) is 0 Å². The number of aromatic nitrogens is 1. The molecule has 0 spiro atoms. The lowest BCUT2D eigenvalue weighted by Gasteiger charge is -2.09. The maximum absolute atomic E-state index is 8.00. The predicted molar refractivity (Wildman–Crippen MR) is 68.8 cm³/mol. The number of aryl methyl sites for hydroxylation is 1. The molecule has 0 radical (unpaired) electrons. The first-order valence-corrected chi connectivity index (χ1v) is 4.99. The zero-order valence-electron chi connectivity index (χ0n) is 11.2. The molecule has 0 atom stereocenters. The van der Waals surface area contributed by atoms with E-state index in [0.29, 0.717) is 0 Å². The molecule has 1 aromatic heterocycles. The van der Waals surface area contributed by atoms with Crippen molar-refractivity contribution in [2.75, 3.05) is 40.1 Å². The molecule has 0 amide bonds. The third-order valence-corrected chi connectivity index (χ3v) is 1.45. The van der Waals surface area contributed by atoms with Gasteiger partial charge in [0, 0.05) is 38.8 Å². The van der Waals surface area contributed by atoms with Gasteiger partial charge in [-0.2, -0.15) is 0 Å². The quantitative estimate of drug-likeness (QED) is 0.713. The first-order valence-electron chi connectivity index (χ1n) is 4.99. The number of aromatic amines is 1. The fourth-order valence-corrected chi connectivity index (χ4v) is 0.848. The van der Waals surface area contributed by atoms with Gasteiger partial charge in [-0.15, -0.1) is 0 Å². The second kappa shape index (κ2) is 10.1. The maximum Gasteiger partial charge on any atom is 0.178 e. The van der Waals surface area contributed by atoms with Crippen LogP contribution in [0.5, 0.6) is 0 Å². The third kappa shape index (κ3) is 10.7. The summed E-state index contributed by atoms with van der Waals surface area (Å²) in [4.78, 5) is 15.2. The summed E-state index contributed by atoms with van der Waals surface area (Å²) in [6.45, 7) is 4.05. The van der Waals surface area contributed by atoms with Gasteiger partial charge in [0.05, 0.1) is 0 Å². The Hall–Kier alpha value is -1.42. The highest BCUT2D eigenvalue weighted by Gasteiger charge is 1.97. The number of hydrogen-bond acceptors (Lipinski definition) is 3. The Balaban J connectivity index is 0. The molecule has 1 heterocycles. The van der Waals surface area contributed by atoms with E-state index in [1.54, 1.807) is 0 Å². The van der Waals surface area contributed by atoms with Gasteiger partial charge in [-0.1, -0.05) is 0 Å². The van der Waals surface area contributed by atoms with Crippen molar-refractivity contribution >= 4 is 12.5 Å². The standard InChI is InChI=1S/C8H12N2.C3H9N.CH2O/c1-7-6-8(10(2)3)4-5-9-7;1-4(2)3;1-2/h4-6H,1-3H3;1-3H3;1H2/p+1. The molecule has 1 N–H and O–H groups in total. The maximum atomic E-state index is 8.00. The van der Waals surface area contributed by atoms with Crippen molar-refractivity contribution in [3.8, 4) is 0 Å². The van der Waals surface area contributed by atoms with Crippen molar-refractivity contribution < 1.29 is 9.78 Å². The van der Waals surface area contributed by atoms with Crippen LogP contribution in [0.15, 0.2) is 18.3 Å². The minimum Gasteiger partial charge on any atom is -0.377 e. The van der Waals surface area contributed by atoms with E-state index in [4.69, 9.17) is 4.79 Å². The molecule has 0 unspecified atom stereocenters. The summed E-state index contributed by atoms with van der Waals surface area (Å²) in [7, 11) is 10.1. The molecule has 4 heteroatoms. The lowest BCUT2D eigenvalue weighted by molar-refractivity contribution is -0.387. The summed E-state index contributed by atoms with van der Waals surface area (Å²) < 4.78 is 0. The van der Waals surface area contributed by atoms with Gasteiger partial charge >= 0.3 is 0 Å². The molecule has 1 aromatic rings. The van der Waals surface area contributed by atoms with Gasteiger partial charge in [-0.25, -0.2) is 4.98 Å². The van der Waals surface area contributed by atoms with E-state index in [1.807, 2.05) is 66.1 Å². The summed E-state index contributed by atoms with van der Waals surface area (Å²) in [6, 6.07) is 4.16. The molecule has 0 aliphatic carbocycles. The highest BCUT2D eigenvalue weighted by molar-refractivity contribution is 5.42. The Morgan fingerprint density at radius 1 is 1.12 bits per heavy atom. The van der Waals surface area contributed by atoms with Crippen LogP contribution in [0, 0.1) is 6.92 Å². The van der Waals surface area contributed by atoms with Crippen LogP contribution in [0.1, 0.15) is 5.69 Å². The number of pyridine rings is 1. The van der Waals surface area contributed by atoms with Crippen LogP contribution in [0.3, 0.4) is 0 Å². The van der Waals surface area contributed by atoms with Crippen LogP contribution in [0.2, 0.25) is 0 Å². The highest BCUT2D eigenvalue weighted by atomic mass is 16.1. The fourth-order valence-electron chi connectivity index (χ4n) is 0.848. The van der Waals surface area contributed by atoms with E-state index in [9.17, 15) is 0 Å². The molecular weight excluding hydrogens is 202 g/mol. The summed E-state index contributed by atoms with van der Waals surface area (Å²) in [6.07, 6.45) is 1.95. The van der Waals surface area contributed by atoms with E-state index in [1.165, 1.54) is 11.4 Å². The molecule has 1 rings (SSSR count). The van der Waals surface area contributed by atoms with Gasteiger partial charge in [0.25, 0.3) is 0 Å². The average molecular weight is 226 g/mol. The van der Waals surface area contributed by atoms with Crippen LogP contribution in [-0.2, 0) is 4.79 Å². The number of rotatable bonds is 1. The predicted octanol–water partition coefficient (Wildman–Crippen LogP) is 0.868. The summed E-state index contributed by atoms with van der Waals surface area (Å²) in [5.74, 6) is 0. The Morgan fingerprint density at radius 2 is 1.56 bits per heavy atom. The SMILES string of the molecule is C=O.CN(C)C.Cc1cc(N(C)C)cc[nH+]1. The number of H-pyrrole nitrogens is 1. The Morgan fingerprint density at radius 3 is 1.81 bits per heavy atom. The summed E-state index contributed by atoms with van der Waals surface area (Å²) >= 11 is 0. The van der Waals surface area contributed by atoms with Gasteiger partial charge in [0.2, 0.25) is 0 Å². The van der Waals surface area contributed by atoms with Crippen LogP contribution in [0.4, 0.5) is 5.69 Å². The molecule has 0 saturated heterocycles. The van der Waals surface area contributed by atoms with Crippen LogP contribution >= 0.6 is 0 Å². The van der Waals surface area contributed by atoms with Crippen LogP contribution in [0.25, 0.3) is 0 Å². The Labute approximate surface area is 98.9 Å². The molecule has 0 aromatic carbocycles. The molecule has 0 aliphatic heterocycles. The molecule has 16 heavy (non-hydrogen) atoms. The molecule has 0 bridgehead atoms. The first-order chi connectivity index (χ1) is 7.43. The average Bonchev–Trinajstić information content (AvgIpc) is 2.20. The molecule has 0 saturated carbocycles. The number of carbonyl (C=O) groups is 1. The number of hydrogen-bond donors (Lipinski definition) is 0. The van der Waals surface area contributed by atoms with Gasteiger partial charge in [-0.05, 0) is 21.1 Å². The van der Waals surface area contributed by atoms with Crippen molar-refractivity contribution in [3.63, 3.8) is 0 Å². The normalized spacial score (nSPS) is 8.44. The molecule has 0 fully saturated rings. The van der Waals surface area contributed by atoms with Crippen molar-refractivity contribution in [1.82, 2.24) is 4.90 Å². The number of nitrogens with one attached hydrogen (secondary N) is 1. The zero-order valence-corrected chi connectivity index (χ0v) is 11.2. The monoisotopic (exact) mass is 226 g/mol. The van der Waals surface area contributed by atoms with E-state index >= 15 is 0 Å². The molecule has 0 aliphatic rings. The number of nitrogens with zero attached hydrogens (tertiary/aromatic N) is 2. The van der Waals surface area contributed by atoms with E-state index in [2.05, 4.69) is 16.0 Å². The Bertz CT molecular complexity index is 272. The zero-order chi connectivity index (χ0) is 13.1. The molecule has 92 valence electrons. The molecule has 4 nitrogen and oxygen atoms in total. The van der Waals surface area contributed by atoms with E-state index < -0.39 is 0 Å². The Kier molecular flexibility index (Phi) is 10.7. The lowest BCUT2D eigenvalue weighted by Crippen LogP contribution is -2.12. The number of carbonyl (C=O) groups excluding carboxylic acids is 1. The van der Waals surface area contributed by atoms with Gasteiger partial charge < -0.3 is 14.6 Å². The summed E-state index contributed by atoms with van der Waals surface area (Å²) in [5, 5.41) is 0. The minimum atomic E-state index is 1.19.